The van der Waals surface area contributed by atoms with Crippen LogP contribution in [-0.2, 0) is 6.54 Å². The van der Waals surface area contributed by atoms with E-state index in [0.717, 1.165) is 31.1 Å². The third-order valence-corrected chi connectivity index (χ3v) is 3.14. The van der Waals surface area contributed by atoms with Crippen LogP contribution in [0.3, 0.4) is 0 Å². The summed E-state index contributed by atoms with van der Waals surface area (Å²) in [4.78, 5) is 4.40. The van der Waals surface area contributed by atoms with Gasteiger partial charge in [-0.1, -0.05) is 12.1 Å². The lowest BCUT2D eigenvalue weighted by Crippen LogP contribution is -2.13. The van der Waals surface area contributed by atoms with E-state index in [4.69, 9.17) is 0 Å². The topological polar surface area (TPSA) is 29.9 Å². The Kier molecular flexibility index (Phi) is 2.18. The number of nitrogens with zero attached hydrogens (tertiary/aromatic N) is 2. The maximum atomic E-state index is 4.40. The molecule has 78 valence electrons. The highest BCUT2D eigenvalue weighted by Gasteiger charge is 2.15. The molecule has 1 aromatic heterocycles. The Hall–Kier alpha value is -1.35. The van der Waals surface area contributed by atoms with Gasteiger partial charge in [-0.15, -0.1) is 0 Å². The van der Waals surface area contributed by atoms with E-state index in [2.05, 4.69) is 33.1 Å². The number of nitrogens with one attached hydrogen (secondary N) is 1. The highest BCUT2D eigenvalue weighted by Crippen LogP contribution is 2.16. The van der Waals surface area contributed by atoms with Crippen molar-refractivity contribution in [2.45, 2.75) is 13.0 Å². The Bertz CT molecular complexity index is 455. The molecule has 1 atom stereocenters. The van der Waals surface area contributed by atoms with Gasteiger partial charge in [0.2, 0.25) is 0 Å². The van der Waals surface area contributed by atoms with Gasteiger partial charge in [0.1, 0.15) is 0 Å². The molecular weight excluding hydrogens is 186 g/mol. The van der Waals surface area contributed by atoms with Crippen molar-refractivity contribution in [1.29, 1.82) is 0 Å². The smallest absolute Gasteiger partial charge is 0.0958 e. The van der Waals surface area contributed by atoms with Gasteiger partial charge in [-0.2, -0.15) is 0 Å². The molecule has 1 N–H and O–H groups in total. The summed E-state index contributed by atoms with van der Waals surface area (Å²) < 4.78 is 2.27. The second-order valence-electron chi connectivity index (χ2n) is 4.24. The van der Waals surface area contributed by atoms with Crippen molar-refractivity contribution in [2.75, 3.05) is 13.1 Å². The average molecular weight is 201 g/mol. The first-order chi connectivity index (χ1) is 7.43. The molecule has 3 rings (SSSR count). The van der Waals surface area contributed by atoms with Crippen molar-refractivity contribution in [3.05, 3.63) is 30.6 Å². The van der Waals surface area contributed by atoms with Crippen LogP contribution < -0.4 is 5.32 Å². The molecule has 0 aliphatic carbocycles. The summed E-state index contributed by atoms with van der Waals surface area (Å²) in [7, 11) is 0. The van der Waals surface area contributed by atoms with Crippen LogP contribution in [0.2, 0.25) is 0 Å². The normalized spacial score (nSPS) is 21.2. The Labute approximate surface area is 89.1 Å². The van der Waals surface area contributed by atoms with Crippen LogP contribution >= 0.6 is 0 Å². The third-order valence-electron chi connectivity index (χ3n) is 3.14. The van der Waals surface area contributed by atoms with Gasteiger partial charge in [-0.05, 0) is 37.6 Å². The monoisotopic (exact) mass is 201 g/mol. The number of hydrogen-bond acceptors (Lipinski definition) is 2. The number of fused-ring (bicyclic) bond motifs is 1. The lowest BCUT2D eigenvalue weighted by molar-refractivity contribution is 0.489. The van der Waals surface area contributed by atoms with Crippen LogP contribution in [0, 0.1) is 5.92 Å². The van der Waals surface area contributed by atoms with Crippen molar-refractivity contribution < 1.29 is 0 Å². The summed E-state index contributed by atoms with van der Waals surface area (Å²) >= 11 is 0. The van der Waals surface area contributed by atoms with Gasteiger partial charge in [0, 0.05) is 6.54 Å². The zero-order valence-electron chi connectivity index (χ0n) is 8.69. The van der Waals surface area contributed by atoms with E-state index in [1.54, 1.807) is 0 Å². The summed E-state index contributed by atoms with van der Waals surface area (Å²) in [5, 5.41) is 3.40. The standard InChI is InChI=1S/C12H15N3/c1-2-4-12-11(3-1)14-9-15(12)8-10-5-6-13-7-10/h1-4,9-10,13H,5-8H2. The third kappa shape index (κ3) is 1.63. The molecule has 0 spiro atoms. The summed E-state index contributed by atoms with van der Waals surface area (Å²) in [6.45, 7) is 3.40. The van der Waals surface area contributed by atoms with E-state index < -0.39 is 0 Å². The Morgan fingerprint density at radius 2 is 2.33 bits per heavy atom. The fourth-order valence-electron chi connectivity index (χ4n) is 2.30. The molecule has 3 nitrogen and oxygen atoms in total. The fourth-order valence-corrected chi connectivity index (χ4v) is 2.30. The van der Waals surface area contributed by atoms with Gasteiger partial charge < -0.3 is 9.88 Å². The van der Waals surface area contributed by atoms with Gasteiger partial charge in [0.15, 0.2) is 0 Å². The van der Waals surface area contributed by atoms with Gasteiger partial charge in [-0.3, -0.25) is 0 Å². The number of imidazole rings is 1. The highest BCUT2D eigenvalue weighted by atomic mass is 15.1. The predicted molar refractivity (Wildman–Crippen MR) is 60.7 cm³/mol. The highest BCUT2D eigenvalue weighted by molar-refractivity contribution is 5.74. The quantitative estimate of drug-likeness (QED) is 0.800. The van der Waals surface area contributed by atoms with Gasteiger partial charge in [0.25, 0.3) is 0 Å². The molecule has 1 unspecified atom stereocenters. The maximum Gasteiger partial charge on any atom is 0.0958 e. The van der Waals surface area contributed by atoms with E-state index in [9.17, 15) is 0 Å². The minimum atomic E-state index is 0.766. The first-order valence-corrected chi connectivity index (χ1v) is 5.54. The lowest BCUT2D eigenvalue weighted by atomic mass is 10.1. The summed E-state index contributed by atoms with van der Waals surface area (Å²) in [5.74, 6) is 0.766. The molecule has 0 radical (unpaired) electrons. The maximum absolute atomic E-state index is 4.40. The van der Waals surface area contributed by atoms with Crippen LogP contribution in [0.1, 0.15) is 6.42 Å². The number of rotatable bonds is 2. The van der Waals surface area contributed by atoms with Crippen LogP contribution in [0.4, 0.5) is 0 Å². The lowest BCUT2D eigenvalue weighted by Gasteiger charge is -2.09. The molecule has 1 aromatic carbocycles. The second kappa shape index (κ2) is 3.66. The van der Waals surface area contributed by atoms with Crippen molar-refractivity contribution in [3.63, 3.8) is 0 Å². The van der Waals surface area contributed by atoms with E-state index in [-0.39, 0.29) is 0 Å². The summed E-state index contributed by atoms with van der Waals surface area (Å²) in [6.07, 6.45) is 3.25. The molecule has 0 bridgehead atoms. The van der Waals surface area contributed by atoms with Crippen molar-refractivity contribution in [1.82, 2.24) is 14.9 Å². The van der Waals surface area contributed by atoms with E-state index in [1.807, 2.05) is 12.4 Å². The second-order valence-corrected chi connectivity index (χ2v) is 4.24. The molecule has 0 saturated carbocycles. The first-order valence-electron chi connectivity index (χ1n) is 5.54. The zero-order valence-corrected chi connectivity index (χ0v) is 8.69. The summed E-state index contributed by atoms with van der Waals surface area (Å²) in [6, 6.07) is 8.33. The zero-order chi connectivity index (χ0) is 10.1. The van der Waals surface area contributed by atoms with Crippen LogP contribution in [0.25, 0.3) is 11.0 Å². The van der Waals surface area contributed by atoms with Crippen LogP contribution in [-0.4, -0.2) is 22.6 Å². The van der Waals surface area contributed by atoms with E-state index >= 15 is 0 Å². The Morgan fingerprint density at radius 3 is 3.20 bits per heavy atom. The molecule has 1 aliphatic rings. The van der Waals surface area contributed by atoms with Crippen LogP contribution in [0.5, 0.6) is 0 Å². The minimum Gasteiger partial charge on any atom is -0.330 e. The molecule has 1 fully saturated rings. The molecule has 2 heterocycles. The Balaban J connectivity index is 1.90. The molecule has 1 aliphatic heterocycles. The average Bonchev–Trinajstić information content (AvgIpc) is 2.89. The SMILES string of the molecule is c1ccc2c(c1)ncn2CC1CCNC1. The van der Waals surface area contributed by atoms with Crippen LogP contribution in [0.15, 0.2) is 30.6 Å². The number of hydrogen-bond donors (Lipinski definition) is 1. The van der Waals surface area contributed by atoms with Crippen molar-refractivity contribution in [2.24, 2.45) is 5.92 Å². The number of para-hydroxylation sites is 2. The molecule has 1 saturated heterocycles. The fraction of sp³-hybridized carbons (Fsp3) is 0.417. The molecular formula is C12H15N3. The van der Waals surface area contributed by atoms with Gasteiger partial charge in [-0.25, -0.2) is 4.98 Å². The number of benzene rings is 1. The largest absolute Gasteiger partial charge is 0.330 e. The predicted octanol–water partition coefficient (Wildman–Crippen LogP) is 1.65. The number of aromatic nitrogens is 2. The van der Waals surface area contributed by atoms with E-state index in [0.29, 0.717) is 0 Å². The molecule has 3 heteroatoms. The molecule has 15 heavy (non-hydrogen) atoms. The molecule has 2 aromatic rings. The van der Waals surface area contributed by atoms with Crippen molar-refractivity contribution >= 4 is 11.0 Å². The first kappa shape index (κ1) is 8.92. The summed E-state index contributed by atoms with van der Waals surface area (Å²) in [5.41, 5.74) is 2.35. The Morgan fingerprint density at radius 1 is 1.40 bits per heavy atom. The van der Waals surface area contributed by atoms with Gasteiger partial charge in [0.05, 0.1) is 17.4 Å². The van der Waals surface area contributed by atoms with Gasteiger partial charge >= 0.3 is 0 Å². The van der Waals surface area contributed by atoms with Crippen molar-refractivity contribution in [3.8, 4) is 0 Å². The van der Waals surface area contributed by atoms with E-state index in [1.165, 1.54) is 11.9 Å². The molecule has 0 amide bonds. The minimum absolute atomic E-state index is 0.766.